The second-order valence-corrected chi connectivity index (χ2v) is 6.31. The van der Waals surface area contributed by atoms with Crippen LogP contribution in [0.1, 0.15) is 29.2 Å². The average Bonchev–Trinajstić information content (AvgIpc) is 2.67. The monoisotopic (exact) mass is 401 g/mol. The van der Waals surface area contributed by atoms with Crippen LogP contribution in [0.5, 0.6) is 17.2 Å². The highest BCUT2D eigenvalue weighted by molar-refractivity contribution is 5.85. The molecule has 0 atom stereocenters. The summed E-state index contributed by atoms with van der Waals surface area (Å²) in [5, 5.41) is 24.7. The third-order valence-corrected chi connectivity index (χ3v) is 4.20. The lowest BCUT2D eigenvalue weighted by Gasteiger charge is -2.13. The normalized spacial score (nSPS) is 10.8. The van der Waals surface area contributed by atoms with E-state index in [2.05, 4.69) is 10.5 Å². The zero-order valence-electron chi connectivity index (χ0n) is 16.7. The van der Waals surface area contributed by atoms with Crippen LogP contribution >= 0.6 is 0 Å². The summed E-state index contributed by atoms with van der Waals surface area (Å²) in [5.41, 5.74) is 5.01. The molecule has 2 N–H and O–H groups in total. The van der Waals surface area contributed by atoms with E-state index in [1.807, 2.05) is 32.9 Å². The molecule has 1 amide bonds. The van der Waals surface area contributed by atoms with Crippen molar-refractivity contribution in [3.63, 3.8) is 0 Å². The number of phenols is 1. The third kappa shape index (κ3) is 5.44. The number of hydrogen-bond donors (Lipinski definition) is 2. The first-order chi connectivity index (χ1) is 13.7. The Kier molecular flexibility index (Phi) is 7.13. The van der Waals surface area contributed by atoms with E-state index in [9.17, 15) is 20.0 Å². The van der Waals surface area contributed by atoms with Crippen molar-refractivity contribution in [3.8, 4) is 17.2 Å². The minimum atomic E-state index is -0.728. The van der Waals surface area contributed by atoms with E-state index in [0.717, 1.165) is 22.8 Å². The molecule has 0 unspecified atom stereocenters. The minimum absolute atomic E-state index is 0.0387. The summed E-state index contributed by atoms with van der Waals surface area (Å²) in [6.45, 7) is 7.44. The number of aryl methyl sites for hydroxylation is 2. The van der Waals surface area contributed by atoms with Crippen molar-refractivity contribution < 1.29 is 24.3 Å². The predicted molar refractivity (Wildman–Crippen MR) is 108 cm³/mol. The van der Waals surface area contributed by atoms with Gasteiger partial charge in [-0.1, -0.05) is 12.1 Å². The molecular weight excluding hydrogens is 378 g/mol. The van der Waals surface area contributed by atoms with E-state index < -0.39 is 22.3 Å². The Morgan fingerprint density at radius 1 is 1.24 bits per heavy atom. The van der Waals surface area contributed by atoms with E-state index in [4.69, 9.17) is 9.47 Å². The molecule has 0 saturated heterocycles. The van der Waals surface area contributed by atoms with Crippen LogP contribution in [0.4, 0.5) is 5.69 Å². The second-order valence-electron chi connectivity index (χ2n) is 6.31. The van der Waals surface area contributed by atoms with E-state index in [1.54, 1.807) is 6.92 Å². The Balaban J connectivity index is 2.05. The minimum Gasteiger partial charge on any atom is -0.500 e. The molecule has 0 aliphatic heterocycles. The number of nitro groups is 1. The first-order valence-corrected chi connectivity index (χ1v) is 8.90. The van der Waals surface area contributed by atoms with E-state index in [1.165, 1.54) is 12.3 Å². The molecule has 154 valence electrons. The van der Waals surface area contributed by atoms with Gasteiger partial charge in [0.15, 0.2) is 12.4 Å². The summed E-state index contributed by atoms with van der Waals surface area (Å²) >= 11 is 0. The molecule has 2 rings (SSSR count). The van der Waals surface area contributed by atoms with Gasteiger partial charge in [0, 0.05) is 11.6 Å². The molecule has 0 aliphatic rings. The Morgan fingerprint density at radius 2 is 1.93 bits per heavy atom. The maximum Gasteiger partial charge on any atom is 0.315 e. The maximum atomic E-state index is 12.0. The molecule has 0 spiro atoms. The lowest BCUT2D eigenvalue weighted by atomic mass is 10.1. The standard InChI is InChI=1S/C20H23N3O6/c1-5-28-17-9-15(8-16(19(17)25)23(26)27)10-21-22-18(24)11-29-20-13(3)7-6-12(2)14(20)4/h6-10,25H,5,11H2,1-4H3,(H,22,24)/b21-10+. The highest BCUT2D eigenvalue weighted by Gasteiger charge is 2.19. The third-order valence-electron chi connectivity index (χ3n) is 4.20. The number of phenolic OH excluding ortho intramolecular Hbond substituents is 1. The predicted octanol–water partition coefficient (Wildman–Crippen LogP) is 3.15. The molecule has 0 aromatic heterocycles. The highest BCUT2D eigenvalue weighted by atomic mass is 16.6. The van der Waals surface area contributed by atoms with E-state index >= 15 is 0 Å². The van der Waals surface area contributed by atoms with Crippen molar-refractivity contribution in [1.82, 2.24) is 5.43 Å². The van der Waals surface area contributed by atoms with Gasteiger partial charge in [-0.15, -0.1) is 0 Å². The summed E-state index contributed by atoms with van der Waals surface area (Å²) in [7, 11) is 0. The molecule has 0 aliphatic carbocycles. The van der Waals surface area contributed by atoms with Crippen molar-refractivity contribution in [1.29, 1.82) is 0 Å². The summed E-state index contributed by atoms with van der Waals surface area (Å²) < 4.78 is 10.8. The Labute approximate surface area is 168 Å². The first kappa shape index (κ1) is 21.7. The zero-order chi connectivity index (χ0) is 21.6. The van der Waals surface area contributed by atoms with Crippen molar-refractivity contribution in [3.05, 3.63) is 56.6 Å². The number of carbonyl (C=O) groups excluding carboxylic acids is 1. The number of ether oxygens (including phenoxy) is 2. The van der Waals surface area contributed by atoms with Gasteiger partial charge in [0.2, 0.25) is 5.75 Å². The number of carbonyl (C=O) groups is 1. The molecule has 9 heteroatoms. The van der Waals surface area contributed by atoms with Gasteiger partial charge in [-0.05, 0) is 50.5 Å². The van der Waals surface area contributed by atoms with Crippen molar-refractivity contribution in [2.45, 2.75) is 27.7 Å². The molecular formula is C20H23N3O6. The van der Waals surface area contributed by atoms with Gasteiger partial charge in [0.1, 0.15) is 5.75 Å². The van der Waals surface area contributed by atoms with Crippen LogP contribution in [0.15, 0.2) is 29.4 Å². The molecule has 0 heterocycles. The number of nitrogens with zero attached hydrogens (tertiary/aromatic N) is 2. The quantitative estimate of drug-likeness (QED) is 0.398. The lowest BCUT2D eigenvalue weighted by molar-refractivity contribution is -0.386. The smallest absolute Gasteiger partial charge is 0.315 e. The number of amides is 1. The number of benzene rings is 2. The topological polar surface area (TPSA) is 123 Å². The van der Waals surface area contributed by atoms with Crippen LogP contribution in [0.25, 0.3) is 0 Å². The number of hydrazone groups is 1. The second kappa shape index (κ2) is 9.54. The average molecular weight is 401 g/mol. The molecule has 0 fully saturated rings. The summed E-state index contributed by atoms with van der Waals surface area (Å²) in [6, 6.07) is 6.41. The summed E-state index contributed by atoms with van der Waals surface area (Å²) in [4.78, 5) is 22.3. The van der Waals surface area contributed by atoms with Gasteiger partial charge in [-0.2, -0.15) is 5.10 Å². The van der Waals surface area contributed by atoms with E-state index in [0.29, 0.717) is 5.75 Å². The Hall–Kier alpha value is -3.62. The SMILES string of the molecule is CCOc1cc(/C=N/NC(=O)COc2c(C)ccc(C)c2C)cc([N+](=O)[O-])c1O. The van der Waals surface area contributed by atoms with Crippen LogP contribution in [-0.2, 0) is 4.79 Å². The van der Waals surface area contributed by atoms with Crippen molar-refractivity contribution >= 4 is 17.8 Å². The fraction of sp³-hybridized carbons (Fsp3) is 0.300. The van der Waals surface area contributed by atoms with Crippen LogP contribution in [-0.4, -0.2) is 35.4 Å². The van der Waals surface area contributed by atoms with Gasteiger partial charge in [0.25, 0.3) is 5.91 Å². The van der Waals surface area contributed by atoms with Gasteiger partial charge in [0.05, 0.1) is 17.7 Å². The fourth-order valence-electron chi connectivity index (χ4n) is 2.59. The van der Waals surface area contributed by atoms with Gasteiger partial charge >= 0.3 is 5.69 Å². The lowest BCUT2D eigenvalue weighted by Crippen LogP contribution is -2.25. The number of nitrogens with one attached hydrogen (secondary N) is 1. The summed E-state index contributed by atoms with van der Waals surface area (Å²) in [6.07, 6.45) is 1.22. The van der Waals surface area contributed by atoms with Crippen LogP contribution in [0.3, 0.4) is 0 Å². The van der Waals surface area contributed by atoms with Gasteiger partial charge < -0.3 is 14.6 Å². The number of hydrogen-bond acceptors (Lipinski definition) is 7. The highest BCUT2D eigenvalue weighted by Crippen LogP contribution is 2.36. The molecule has 0 bridgehead atoms. The Morgan fingerprint density at radius 3 is 2.59 bits per heavy atom. The number of aromatic hydroxyl groups is 1. The fourth-order valence-corrected chi connectivity index (χ4v) is 2.59. The number of nitro benzene ring substituents is 1. The van der Waals surface area contributed by atoms with Crippen LogP contribution in [0.2, 0.25) is 0 Å². The Bertz CT molecular complexity index is 956. The van der Waals surface area contributed by atoms with Crippen molar-refractivity contribution in [2.24, 2.45) is 5.10 Å². The molecule has 0 saturated carbocycles. The molecule has 29 heavy (non-hydrogen) atoms. The molecule has 2 aromatic carbocycles. The molecule has 0 radical (unpaired) electrons. The van der Waals surface area contributed by atoms with Crippen LogP contribution < -0.4 is 14.9 Å². The largest absolute Gasteiger partial charge is 0.500 e. The van der Waals surface area contributed by atoms with Gasteiger partial charge in [-0.3, -0.25) is 14.9 Å². The number of rotatable bonds is 8. The van der Waals surface area contributed by atoms with Crippen molar-refractivity contribution in [2.75, 3.05) is 13.2 Å². The molecule has 9 nitrogen and oxygen atoms in total. The zero-order valence-corrected chi connectivity index (χ0v) is 16.7. The summed E-state index contributed by atoms with van der Waals surface area (Å²) in [5.74, 6) is -0.432. The molecule has 2 aromatic rings. The first-order valence-electron chi connectivity index (χ1n) is 8.90. The maximum absolute atomic E-state index is 12.0. The van der Waals surface area contributed by atoms with E-state index in [-0.39, 0.29) is 24.5 Å². The van der Waals surface area contributed by atoms with Crippen LogP contribution in [0, 0.1) is 30.9 Å². The van der Waals surface area contributed by atoms with Gasteiger partial charge in [-0.25, -0.2) is 5.43 Å².